The maximum atomic E-state index is 13.2. The molecule has 0 radical (unpaired) electrons. The zero-order chi connectivity index (χ0) is 90.2. The fourth-order valence-electron chi connectivity index (χ4n) is 15.4. The van der Waals surface area contributed by atoms with Gasteiger partial charge in [0, 0.05) is 27.7 Å². The highest BCUT2D eigenvalue weighted by atomic mass is 16.8. The Hall–Kier alpha value is -3.96. The zero-order valence-electron chi connectivity index (χ0n) is 65.9. The average Bonchev–Trinajstić information content (AvgIpc) is 0.765. The van der Waals surface area contributed by atoms with Gasteiger partial charge in [-0.15, -0.1) is 0 Å². The van der Waals surface area contributed by atoms with Crippen LogP contribution in [0.3, 0.4) is 0 Å². The van der Waals surface area contributed by atoms with E-state index in [2.05, 4.69) is 21.3 Å². The van der Waals surface area contributed by atoms with E-state index in [0.717, 1.165) is 27.7 Å². The molecule has 708 valence electrons. The van der Waals surface area contributed by atoms with Crippen molar-refractivity contribution >= 4 is 23.6 Å². The predicted molar refractivity (Wildman–Crippen MR) is 377 cm³/mol. The number of ether oxygens (including phenoxy) is 18. The molecule has 0 bridgehead atoms. The minimum atomic E-state index is -2.64. The molecule has 32 N–H and O–H groups in total. The van der Waals surface area contributed by atoms with Crippen molar-refractivity contribution in [3.63, 3.8) is 0 Å². The third kappa shape index (κ3) is 23.1. The highest BCUT2D eigenvalue weighted by Crippen LogP contribution is 2.40. The normalized spacial score (nSPS) is 47.0. The van der Waals surface area contributed by atoms with Gasteiger partial charge in [0.25, 0.3) is 0 Å². The van der Waals surface area contributed by atoms with Crippen molar-refractivity contribution < 1.29 is 247 Å². The number of carbonyl (C=O) groups excluding carboxylic acids is 4. The van der Waals surface area contributed by atoms with Gasteiger partial charge in [-0.05, 0) is 6.92 Å². The molecule has 0 aromatic carbocycles. The van der Waals surface area contributed by atoms with Crippen molar-refractivity contribution in [2.24, 2.45) is 0 Å². The molecule has 9 heterocycles. The molecule has 4 amide bonds. The van der Waals surface area contributed by atoms with Gasteiger partial charge in [0.1, 0.15) is 232 Å². The van der Waals surface area contributed by atoms with Gasteiger partial charge in [-0.25, -0.2) is 0 Å². The molecule has 54 heteroatoms. The lowest BCUT2D eigenvalue weighted by atomic mass is 9.94. The van der Waals surface area contributed by atoms with Crippen LogP contribution in [-0.2, 0) is 104 Å². The van der Waals surface area contributed by atoms with Crippen LogP contribution in [0.4, 0.5) is 0 Å². The number of nitrogens with one attached hydrogen (secondary N) is 4. The quantitative estimate of drug-likeness (QED) is 0.0280. The SMILES string of the molecule is CC(=O)N[C@H]1[C@H](O[C@@H]([C@H](O)[C@H](CO)NC(C)=O)[C@H](O)CO[C@@H]2O[C@@H](C)[C@@H](O)[C@@H](O)[C@@H]2O)O[C@H](CO)[C@@H](O[C@@H]2O[C@H](CO[C@H]3O[C@H](CO)[C@@H](O)[C@H](O[C@H]4O[C@H](CO)[C@@H](O)[C@H](O)[C@@H]4O[C@H]4O[C@H](CO)[C@@H](O)[C@H](O)[C@@H]4O)[C@@H]3O)[C@@H](O)[C@H](O[C@H]3O[C@H](CO)[C@@H](O)[C@H](O)[C@@H]3O[C@@H]3O[C@H](CO)[C@@H](O[C@@H]4O[C@H](CO)[C@H](O)[C@H](O)[C@H]4NC(C)=O)[C@H](O)[C@H]3NC(C)=O)[C@@H]2O)[C@@H]1O. The Kier molecular flexibility index (Phi) is 37.6. The van der Waals surface area contributed by atoms with Gasteiger partial charge in [-0.3, -0.25) is 19.2 Å². The molecule has 49 atom stereocenters. The van der Waals surface area contributed by atoms with Crippen molar-refractivity contribution in [2.75, 3.05) is 66.1 Å². The first-order chi connectivity index (χ1) is 57.6. The number of hydrogen-bond acceptors (Lipinski definition) is 50. The Labute approximate surface area is 691 Å². The second-order valence-corrected chi connectivity index (χ2v) is 30.8. The minimum absolute atomic E-state index is 0.823. The van der Waals surface area contributed by atoms with Crippen LogP contribution in [0.1, 0.15) is 34.6 Å². The van der Waals surface area contributed by atoms with E-state index in [4.69, 9.17) is 85.3 Å². The zero-order valence-corrected chi connectivity index (χ0v) is 65.9. The predicted octanol–water partition coefficient (Wildman–Crippen LogP) is -21.6. The van der Waals surface area contributed by atoms with E-state index in [1.807, 2.05) is 0 Å². The van der Waals surface area contributed by atoms with Gasteiger partial charge in [-0.1, -0.05) is 0 Å². The smallest absolute Gasteiger partial charge is 0.217 e. The van der Waals surface area contributed by atoms with Crippen LogP contribution in [0.25, 0.3) is 0 Å². The summed E-state index contributed by atoms with van der Waals surface area (Å²) < 4.78 is 106. The van der Waals surface area contributed by atoms with Crippen molar-refractivity contribution in [3.05, 3.63) is 0 Å². The van der Waals surface area contributed by atoms with Gasteiger partial charge >= 0.3 is 0 Å². The summed E-state index contributed by atoms with van der Waals surface area (Å²) in [6, 6.07) is -7.52. The molecular formula is C68H116N4O50. The van der Waals surface area contributed by atoms with Crippen LogP contribution in [0.2, 0.25) is 0 Å². The van der Waals surface area contributed by atoms with Crippen LogP contribution < -0.4 is 21.3 Å². The molecule has 9 aliphatic rings. The van der Waals surface area contributed by atoms with Gasteiger partial charge in [0.15, 0.2) is 56.6 Å². The van der Waals surface area contributed by atoms with E-state index in [9.17, 15) is 162 Å². The van der Waals surface area contributed by atoms with Crippen LogP contribution in [0.5, 0.6) is 0 Å². The third-order valence-corrected chi connectivity index (χ3v) is 22.1. The summed E-state index contributed by atoms with van der Waals surface area (Å²) in [5.41, 5.74) is 0. The van der Waals surface area contributed by atoms with E-state index in [-0.39, 0.29) is 0 Å². The summed E-state index contributed by atoms with van der Waals surface area (Å²) in [4.78, 5) is 51.0. The fraction of sp³-hybridized carbons (Fsp3) is 0.941. The Morgan fingerprint density at radius 3 is 1.10 bits per heavy atom. The molecular weight excluding hydrogens is 1670 g/mol. The first kappa shape index (κ1) is 102. The van der Waals surface area contributed by atoms with E-state index in [0.29, 0.717) is 0 Å². The van der Waals surface area contributed by atoms with Crippen molar-refractivity contribution in [3.8, 4) is 0 Å². The fourth-order valence-corrected chi connectivity index (χ4v) is 15.4. The topological polar surface area (TPSA) is 849 Å². The molecule has 0 unspecified atom stereocenters. The lowest BCUT2D eigenvalue weighted by molar-refractivity contribution is -0.399. The monoisotopic (exact) mass is 1790 g/mol. The molecule has 122 heavy (non-hydrogen) atoms. The largest absolute Gasteiger partial charge is 0.394 e. The molecule has 54 nitrogen and oxygen atoms in total. The van der Waals surface area contributed by atoms with Gasteiger partial charge in [0.2, 0.25) is 23.6 Å². The molecule has 9 fully saturated rings. The van der Waals surface area contributed by atoms with Crippen LogP contribution in [0.15, 0.2) is 0 Å². The van der Waals surface area contributed by atoms with Crippen molar-refractivity contribution in [1.29, 1.82) is 0 Å². The second-order valence-electron chi connectivity index (χ2n) is 30.8. The average molecular weight is 1790 g/mol. The highest BCUT2D eigenvalue weighted by molar-refractivity contribution is 5.74. The van der Waals surface area contributed by atoms with Crippen molar-refractivity contribution in [2.45, 2.75) is 335 Å². The third-order valence-electron chi connectivity index (χ3n) is 22.1. The van der Waals surface area contributed by atoms with Gasteiger partial charge in [-0.2, -0.15) is 0 Å². The Bertz CT molecular complexity index is 3240. The first-order valence-electron chi connectivity index (χ1n) is 38.9. The first-order valence-corrected chi connectivity index (χ1v) is 38.9. The molecule has 0 spiro atoms. The number of carbonyl (C=O) groups is 4. The summed E-state index contributed by atoms with van der Waals surface area (Å²) in [5.74, 6) is -3.71. The molecule has 0 aromatic rings. The maximum Gasteiger partial charge on any atom is 0.217 e. The van der Waals surface area contributed by atoms with E-state index in [1.54, 1.807) is 0 Å². The molecule has 0 aromatic heterocycles. The molecule has 0 aliphatic carbocycles. The summed E-state index contributed by atoms with van der Waals surface area (Å²) >= 11 is 0. The van der Waals surface area contributed by atoms with E-state index < -0.39 is 390 Å². The Morgan fingerprint density at radius 1 is 0.303 bits per heavy atom. The maximum absolute atomic E-state index is 13.2. The van der Waals surface area contributed by atoms with Gasteiger partial charge < -0.3 is 250 Å². The lowest BCUT2D eigenvalue weighted by Gasteiger charge is -2.51. The number of aliphatic hydroxyl groups excluding tert-OH is 28. The summed E-state index contributed by atoms with van der Waals surface area (Å²) in [5, 5.41) is 322. The van der Waals surface area contributed by atoms with E-state index in [1.165, 1.54) is 6.92 Å². The number of amides is 4. The standard InChI is InChI=1S/C68H116N4O50/c1-16-34(86)45(97)49(101)63(107-16)105-14-22(85)53(35(87)21(6-73)69-17(2)81)116-61-32(71-19(4)83)44(96)55(29(13-80)113-61)118-66-52(104)57(41(93)30(115-66)15-106-64-51(103)56(40(92)27(11-78)109-64)119-68-59(48(100)39(91)26(10-77)112-68)122-65-50(102)46(98)37(89)24(8-75)110-65)120-67-58(47(99)38(90)25(9-76)111-67)121-62-33(72-20(5)84)43(95)54(28(12-79)114-62)117-60-31(70-18(3)82)42(94)36(88)23(7-74)108-60/h16,21-68,73-80,85-104H,6-15H2,1-5H3,(H,69,81)(H,70,82)(H,71,83)(H,72,84)/t16-,21-,22+,23+,24+,25+,26+,27+,28+,29+,30+,31+,32+,33+,34+,35+,36-,37+,38+,39+,40+,41+,42+,43+,44+,45+,46-,47-,48-,49-,50-,51-,52-,53+,54+,55+,56-,57-,58-,59-,60-,61-,62-,63+,64-,65+,66-,67+,68+/m0/s1. The van der Waals surface area contributed by atoms with Crippen LogP contribution >= 0.6 is 0 Å². The van der Waals surface area contributed by atoms with Gasteiger partial charge in [0.05, 0.1) is 78.2 Å². The van der Waals surface area contributed by atoms with Crippen LogP contribution in [-0.4, -0.2) is 533 Å². The summed E-state index contributed by atoms with van der Waals surface area (Å²) in [7, 11) is 0. The lowest BCUT2D eigenvalue weighted by Crippen LogP contribution is -2.71. The second kappa shape index (κ2) is 45.0. The van der Waals surface area contributed by atoms with Crippen LogP contribution in [0, 0.1) is 0 Å². The summed E-state index contributed by atoms with van der Waals surface area (Å²) in [6.07, 6.45) is -95.3. The molecule has 9 saturated heterocycles. The highest BCUT2D eigenvalue weighted by Gasteiger charge is 2.61. The number of rotatable bonds is 35. The number of hydrogen-bond donors (Lipinski definition) is 32. The van der Waals surface area contributed by atoms with Crippen molar-refractivity contribution in [1.82, 2.24) is 21.3 Å². The van der Waals surface area contributed by atoms with E-state index >= 15 is 0 Å². The summed E-state index contributed by atoms with van der Waals surface area (Å²) in [6.45, 7) is -6.26. The number of aliphatic hydroxyl groups is 28. The Balaban J connectivity index is 1.06. The molecule has 9 rings (SSSR count). The minimum Gasteiger partial charge on any atom is -0.394 e. The molecule has 9 aliphatic heterocycles. The molecule has 0 saturated carbocycles. The Morgan fingerprint density at radius 2 is 0.631 bits per heavy atom.